The van der Waals surface area contributed by atoms with Crippen LogP contribution in [0.2, 0.25) is 0 Å². The quantitative estimate of drug-likeness (QED) is 0.659. The topological polar surface area (TPSA) is 87.2 Å². The van der Waals surface area contributed by atoms with Crippen LogP contribution in [-0.4, -0.2) is 27.1 Å². The Bertz CT molecular complexity index is 907. The Morgan fingerprint density at radius 2 is 2.04 bits per heavy atom. The number of H-pyrrole nitrogens is 1. The number of ether oxygens (including phenoxy) is 1. The number of hydrogen-bond acceptors (Lipinski definition) is 4. The van der Waals surface area contributed by atoms with Crippen molar-refractivity contribution in [2.75, 3.05) is 0 Å². The van der Waals surface area contributed by atoms with Gasteiger partial charge in [0.2, 0.25) is 0 Å². The normalized spacial score (nSPS) is 18.9. The van der Waals surface area contributed by atoms with E-state index in [1.54, 1.807) is 6.33 Å². The van der Waals surface area contributed by atoms with Crippen LogP contribution in [0.5, 0.6) is 5.75 Å². The third kappa shape index (κ3) is 3.32. The van der Waals surface area contributed by atoms with E-state index in [2.05, 4.69) is 15.3 Å². The standard InChI is InChI=1S/C20H19N3O3/c24-20(25)17-10-16-19(22-12-21-16)18(23-17)14-7-4-8-15(9-14)26-11-13-5-2-1-3-6-13/h1-9,12,17-18,23H,10-11H2,(H,21,22)(H,24,25)/t17-,18+/m1/s1. The molecule has 0 aliphatic carbocycles. The number of rotatable bonds is 5. The third-order valence-electron chi connectivity index (χ3n) is 4.54. The third-order valence-corrected chi connectivity index (χ3v) is 4.54. The summed E-state index contributed by atoms with van der Waals surface area (Å²) in [5.74, 6) is -0.130. The molecule has 0 spiro atoms. The molecule has 1 aromatic heterocycles. The smallest absolute Gasteiger partial charge is 0.321 e. The van der Waals surface area contributed by atoms with Gasteiger partial charge in [0.05, 0.1) is 18.1 Å². The number of aliphatic carboxylic acids is 1. The zero-order valence-corrected chi connectivity index (χ0v) is 14.1. The molecule has 2 atom stereocenters. The fraction of sp³-hybridized carbons (Fsp3) is 0.200. The van der Waals surface area contributed by atoms with Crippen molar-refractivity contribution in [3.63, 3.8) is 0 Å². The monoisotopic (exact) mass is 349 g/mol. The molecule has 2 aromatic carbocycles. The summed E-state index contributed by atoms with van der Waals surface area (Å²) >= 11 is 0. The van der Waals surface area contributed by atoms with Gasteiger partial charge in [-0.25, -0.2) is 4.98 Å². The van der Waals surface area contributed by atoms with Gasteiger partial charge in [-0.15, -0.1) is 0 Å². The second-order valence-electron chi connectivity index (χ2n) is 6.31. The van der Waals surface area contributed by atoms with Gasteiger partial charge in [-0.3, -0.25) is 10.1 Å². The van der Waals surface area contributed by atoms with Gasteiger partial charge in [0.25, 0.3) is 0 Å². The number of hydrogen-bond donors (Lipinski definition) is 3. The zero-order chi connectivity index (χ0) is 17.9. The van der Waals surface area contributed by atoms with E-state index in [1.165, 1.54) is 0 Å². The van der Waals surface area contributed by atoms with Crippen molar-refractivity contribution in [2.45, 2.75) is 25.1 Å². The van der Waals surface area contributed by atoms with Gasteiger partial charge >= 0.3 is 5.97 Å². The van der Waals surface area contributed by atoms with Gasteiger partial charge in [-0.2, -0.15) is 0 Å². The average molecular weight is 349 g/mol. The Morgan fingerprint density at radius 3 is 2.85 bits per heavy atom. The molecule has 3 N–H and O–H groups in total. The molecule has 1 aliphatic heterocycles. The molecule has 4 rings (SSSR count). The second-order valence-corrected chi connectivity index (χ2v) is 6.31. The number of aromatic amines is 1. The lowest BCUT2D eigenvalue weighted by atomic mass is 9.94. The SMILES string of the molecule is O=C(O)[C@H]1Cc2[nH]cnc2[C@H](c2cccc(OCc3ccccc3)c2)N1. The van der Waals surface area contributed by atoms with Gasteiger partial charge in [0.1, 0.15) is 18.4 Å². The molecule has 2 heterocycles. The van der Waals surface area contributed by atoms with Crippen molar-refractivity contribution in [1.29, 1.82) is 0 Å². The van der Waals surface area contributed by atoms with Crippen LogP contribution in [0.4, 0.5) is 0 Å². The number of fused-ring (bicyclic) bond motifs is 1. The number of aromatic nitrogens is 2. The molecule has 0 unspecified atom stereocenters. The Hall–Kier alpha value is -3.12. The van der Waals surface area contributed by atoms with Crippen molar-refractivity contribution in [1.82, 2.24) is 15.3 Å². The van der Waals surface area contributed by atoms with Crippen LogP contribution in [0.25, 0.3) is 0 Å². The van der Waals surface area contributed by atoms with E-state index in [0.29, 0.717) is 13.0 Å². The average Bonchev–Trinajstić information content (AvgIpc) is 3.15. The first-order chi connectivity index (χ1) is 12.7. The molecule has 0 saturated carbocycles. The summed E-state index contributed by atoms with van der Waals surface area (Å²) in [5.41, 5.74) is 3.71. The maximum Gasteiger partial charge on any atom is 0.321 e. The molecular weight excluding hydrogens is 330 g/mol. The van der Waals surface area contributed by atoms with Crippen LogP contribution in [-0.2, 0) is 17.8 Å². The fourth-order valence-electron chi connectivity index (χ4n) is 3.22. The number of benzene rings is 2. The number of carbonyl (C=O) groups is 1. The molecule has 1 aliphatic rings. The lowest BCUT2D eigenvalue weighted by Crippen LogP contribution is -2.45. The number of carboxylic acids is 1. The lowest BCUT2D eigenvalue weighted by Gasteiger charge is -2.28. The fourth-order valence-corrected chi connectivity index (χ4v) is 3.22. The maximum absolute atomic E-state index is 11.5. The molecule has 0 saturated heterocycles. The highest BCUT2D eigenvalue weighted by molar-refractivity contribution is 5.74. The van der Waals surface area contributed by atoms with Crippen molar-refractivity contribution >= 4 is 5.97 Å². The summed E-state index contributed by atoms with van der Waals surface area (Å²) in [6, 6.07) is 16.7. The summed E-state index contributed by atoms with van der Waals surface area (Å²) < 4.78 is 5.89. The molecule has 0 radical (unpaired) electrons. The largest absolute Gasteiger partial charge is 0.489 e. The van der Waals surface area contributed by atoms with E-state index in [-0.39, 0.29) is 6.04 Å². The summed E-state index contributed by atoms with van der Waals surface area (Å²) in [4.78, 5) is 18.9. The van der Waals surface area contributed by atoms with Crippen molar-refractivity contribution in [3.8, 4) is 5.75 Å². The number of carboxylic acid groups (broad SMARTS) is 1. The first-order valence-corrected chi connectivity index (χ1v) is 8.48. The van der Waals surface area contributed by atoms with Crippen molar-refractivity contribution in [3.05, 3.63) is 83.4 Å². The van der Waals surface area contributed by atoms with E-state index in [1.807, 2.05) is 54.6 Å². The van der Waals surface area contributed by atoms with Crippen molar-refractivity contribution in [2.24, 2.45) is 0 Å². The summed E-state index contributed by atoms with van der Waals surface area (Å²) in [6.45, 7) is 0.480. The van der Waals surface area contributed by atoms with Gasteiger partial charge in [-0.1, -0.05) is 42.5 Å². The lowest BCUT2D eigenvalue weighted by molar-refractivity contribution is -0.139. The predicted molar refractivity (Wildman–Crippen MR) is 95.9 cm³/mol. The van der Waals surface area contributed by atoms with Crippen LogP contribution in [0.3, 0.4) is 0 Å². The van der Waals surface area contributed by atoms with Gasteiger partial charge in [-0.05, 0) is 23.3 Å². The van der Waals surface area contributed by atoms with Crippen LogP contribution in [0.1, 0.15) is 28.6 Å². The minimum Gasteiger partial charge on any atom is -0.489 e. The second kappa shape index (κ2) is 7.01. The Morgan fingerprint density at radius 1 is 1.19 bits per heavy atom. The summed E-state index contributed by atoms with van der Waals surface area (Å²) in [7, 11) is 0. The first-order valence-electron chi connectivity index (χ1n) is 8.48. The van der Waals surface area contributed by atoms with E-state index >= 15 is 0 Å². The van der Waals surface area contributed by atoms with Crippen LogP contribution < -0.4 is 10.1 Å². The van der Waals surface area contributed by atoms with Gasteiger partial charge in [0.15, 0.2) is 0 Å². The Labute approximate surface area is 150 Å². The van der Waals surface area contributed by atoms with Crippen LogP contribution in [0, 0.1) is 0 Å². The number of nitrogens with one attached hydrogen (secondary N) is 2. The van der Waals surface area contributed by atoms with Crippen molar-refractivity contribution < 1.29 is 14.6 Å². The van der Waals surface area contributed by atoms with Crippen LogP contribution in [0.15, 0.2) is 60.9 Å². The van der Waals surface area contributed by atoms with E-state index < -0.39 is 12.0 Å². The van der Waals surface area contributed by atoms with Crippen LogP contribution >= 0.6 is 0 Å². The molecule has 6 nitrogen and oxygen atoms in total. The van der Waals surface area contributed by atoms with Gasteiger partial charge in [0, 0.05) is 12.1 Å². The highest BCUT2D eigenvalue weighted by atomic mass is 16.5. The molecule has 0 bridgehead atoms. The summed E-state index contributed by atoms with van der Waals surface area (Å²) in [6.07, 6.45) is 2.00. The zero-order valence-electron chi connectivity index (χ0n) is 14.1. The Kier molecular flexibility index (Phi) is 4.41. The van der Waals surface area contributed by atoms with E-state index in [4.69, 9.17) is 4.74 Å². The predicted octanol–water partition coefficient (Wildman–Crippen LogP) is 2.68. The molecule has 3 aromatic rings. The highest BCUT2D eigenvalue weighted by Crippen LogP contribution is 2.30. The van der Waals surface area contributed by atoms with E-state index in [9.17, 15) is 9.90 Å². The minimum atomic E-state index is -0.869. The summed E-state index contributed by atoms with van der Waals surface area (Å²) in [5, 5.41) is 12.6. The first kappa shape index (κ1) is 16.4. The van der Waals surface area contributed by atoms with Gasteiger partial charge < -0.3 is 14.8 Å². The molecule has 6 heteroatoms. The molecule has 0 amide bonds. The molecular formula is C20H19N3O3. The van der Waals surface area contributed by atoms with E-state index in [0.717, 1.165) is 28.3 Å². The maximum atomic E-state index is 11.5. The number of imidazole rings is 1. The molecule has 26 heavy (non-hydrogen) atoms. The molecule has 132 valence electrons. The minimum absolute atomic E-state index is 0.286. The highest BCUT2D eigenvalue weighted by Gasteiger charge is 2.33. The number of nitrogens with zero attached hydrogens (tertiary/aromatic N) is 1. The Balaban J connectivity index is 1.57. The molecule has 0 fully saturated rings.